The number of hydrogen-bond acceptors (Lipinski definition) is 7. The monoisotopic (exact) mass is 591 g/mol. The largest absolute Gasteiger partial charge is 0.478 e. The molecule has 2 heterocycles. The third kappa shape index (κ3) is 7.16. The van der Waals surface area contributed by atoms with Gasteiger partial charge in [0.1, 0.15) is 11.5 Å². The van der Waals surface area contributed by atoms with Gasteiger partial charge in [-0.3, -0.25) is 0 Å². The summed E-state index contributed by atoms with van der Waals surface area (Å²) in [7, 11) is 0. The van der Waals surface area contributed by atoms with Crippen molar-refractivity contribution >= 4 is 45.6 Å². The third-order valence-electron chi connectivity index (χ3n) is 5.33. The first-order valence-electron chi connectivity index (χ1n) is 11.1. The molecular formula is C26H27BrClN3O4S. The van der Waals surface area contributed by atoms with Crippen LogP contribution in [0.3, 0.4) is 0 Å². The Hall–Kier alpha value is -2.72. The first-order valence-corrected chi connectivity index (χ1v) is 12.7. The van der Waals surface area contributed by atoms with Crippen molar-refractivity contribution in [3.63, 3.8) is 0 Å². The number of halogens is 2. The molecule has 4 rings (SSSR count). The van der Waals surface area contributed by atoms with Crippen molar-refractivity contribution in [1.82, 2.24) is 15.3 Å². The number of carboxylic acid groups (broad SMARTS) is 1. The van der Waals surface area contributed by atoms with Crippen molar-refractivity contribution in [2.45, 2.75) is 45.9 Å². The van der Waals surface area contributed by atoms with E-state index in [1.165, 1.54) is 13.8 Å². The molecule has 0 aliphatic rings. The number of oxazole rings is 1. The summed E-state index contributed by atoms with van der Waals surface area (Å²) in [6, 6.07) is 15.3. The Morgan fingerprint density at radius 3 is 2.61 bits per heavy atom. The fourth-order valence-electron chi connectivity index (χ4n) is 3.34. The first kappa shape index (κ1) is 27.9. The van der Waals surface area contributed by atoms with Crippen LogP contribution in [0.5, 0.6) is 5.75 Å². The van der Waals surface area contributed by atoms with Gasteiger partial charge in [0.2, 0.25) is 5.89 Å². The lowest BCUT2D eigenvalue weighted by molar-refractivity contribution is -0.152. The van der Waals surface area contributed by atoms with E-state index in [4.69, 9.17) is 14.1 Å². The van der Waals surface area contributed by atoms with Gasteiger partial charge in [0, 0.05) is 34.9 Å². The van der Waals surface area contributed by atoms with Gasteiger partial charge >= 0.3 is 5.97 Å². The molecule has 190 valence electrons. The molecule has 0 saturated heterocycles. The van der Waals surface area contributed by atoms with Crippen LogP contribution in [0.1, 0.15) is 41.6 Å². The zero-order valence-corrected chi connectivity index (χ0v) is 23.3. The highest BCUT2D eigenvalue weighted by Gasteiger charge is 2.29. The van der Waals surface area contributed by atoms with Gasteiger partial charge in [-0.15, -0.1) is 23.7 Å². The average Bonchev–Trinajstić information content (AvgIpc) is 3.41. The molecule has 2 aromatic carbocycles. The number of aryl methyl sites for hydroxylation is 1. The van der Waals surface area contributed by atoms with E-state index in [0.29, 0.717) is 31.2 Å². The highest BCUT2D eigenvalue weighted by atomic mass is 79.9. The topological polar surface area (TPSA) is 97.5 Å². The quantitative estimate of drug-likeness (QED) is 0.219. The van der Waals surface area contributed by atoms with E-state index < -0.39 is 11.6 Å². The van der Waals surface area contributed by atoms with E-state index in [9.17, 15) is 9.90 Å². The molecule has 2 N–H and O–H groups in total. The van der Waals surface area contributed by atoms with Gasteiger partial charge in [0.15, 0.2) is 5.60 Å². The van der Waals surface area contributed by atoms with Crippen LogP contribution in [0.25, 0.3) is 11.5 Å². The molecule has 0 radical (unpaired) electrons. The molecule has 0 unspecified atom stereocenters. The van der Waals surface area contributed by atoms with Gasteiger partial charge in [0.05, 0.1) is 16.4 Å². The molecule has 7 nitrogen and oxygen atoms in total. The smallest absolute Gasteiger partial charge is 0.347 e. The van der Waals surface area contributed by atoms with E-state index in [-0.39, 0.29) is 12.4 Å². The third-order valence-corrected chi connectivity index (χ3v) is 6.72. The fraction of sp³-hybridized carbons (Fsp3) is 0.269. The maximum atomic E-state index is 11.2. The molecule has 36 heavy (non-hydrogen) atoms. The van der Waals surface area contributed by atoms with Crippen LogP contribution in [0.2, 0.25) is 0 Å². The zero-order valence-electron chi connectivity index (χ0n) is 20.1. The Kier molecular flexibility index (Phi) is 9.30. The maximum Gasteiger partial charge on any atom is 0.347 e. The van der Waals surface area contributed by atoms with Crippen LogP contribution in [0, 0.1) is 6.92 Å². The summed E-state index contributed by atoms with van der Waals surface area (Å²) < 4.78 is 12.4. The highest BCUT2D eigenvalue weighted by molar-refractivity contribution is 9.10. The molecule has 10 heteroatoms. The Morgan fingerprint density at radius 1 is 1.17 bits per heavy atom. The summed E-state index contributed by atoms with van der Waals surface area (Å²) in [4.78, 5) is 20.6. The van der Waals surface area contributed by atoms with Gasteiger partial charge in [-0.2, -0.15) is 0 Å². The number of benzene rings is 2. The molecule has 0 amide bonds. The number of nitrogens with zero attached hydrogens (tertiary/aromatic N) is 2. The maximum absolute atomic E-state index is 11.2. The summed E-state index contributed by atoms with van der Waals surface area (Å²) in [6.45, 7) is 6.28. The number of aromatic nitrogens is 2. The molecule has 0 bridgehead atoms. The number of aliphatic carboxylic acids is 1. The molecule has 0 aliphatic heterocycles. The minimum absolute atomic E-state index is 0. The predicted octanol–water partition coefficient (Wildman–Crippen LogP) is 6.41. The van der Waals surface area contributed by atoms with Gasteiger partial charge in [-0.05, 0) is 56.7 Å². The molecule has 0 spiro atoms. The molecule has 0 fully saturated rings. The molecule has 4 aromatic rings. The van der Waals surface area contributed by atoms with Gasteiger partial charge in [-0.25, -0.2) is 14.8 Å². The van der Waals surface area contributed by atoms with Crippen LogP contribution >= 0.6 is 39.7 Å². The highest BCUT2D eigenvalue weighted by Crippen LogP contribution is 2.26. The van der Waals surface area contributed by atoms with Crippen LogP contribution in [-0.4, -0.2) is 26.6 Å². The van der Waals surface area contributed by atoms with Gasteiger partial charge in [-0.1, -0.05) is 34.1 Å². The minimum Gasteiger partial charge on any atom is -0.478 e. The van der Waals surface area contributed by atoms with Crippen LogP contribution in [-0.2, 0) is 24.3 Å². The number of ether oxygens (including phenoxy) is 1. The van der Waals surface area contributed by atoms with E-state index in [1.807, 2.05) is 43.3 Å². The predicted molar refractivity (Wildman–Crippen MR) is 146 cm³/mol. The second-order valence-electron chi connectivity index (χ2n) is 8.61. The first-order chi connectivity index (χ1) is 16.7. The Morgan fingerprint density at radius 2 is 1.92 bits per heavy atom. The van der Waals surface area contributed by atoms with E-state index in [1.54, 1.807) is 23.5 Å². The average molecular weight is 593 g/mol. The minimum atomic E-state index is -1.27. The van der Waals surface area contributed by atoms with Crippen molar-refractivity contribution in [2.75, 3.05) is 0 Å². The van der Waals surface area contributed by atoms with Crippen LogP contribution in [0.4, 0.5) is 0 Å². The summed E-state index contributed by atoms with van der Waals surface area (Å²) in [6.07, 6.45) is 0.627. The van der Waals surface area contributed by atoms with Crippen molar-refractivity contribution in [3.05, 3.63) is 86.1 Å². The van der Waals surface area contributed by atoms with E-state index in [2.05, 4.69) is 31.6 Å². The molecular weight excluding hydrogens is 566 g/mol. The van der Waals surface area contributed by atoms with Crippen molar-refractivity contribution in [2.24, 2.45) is 0 Å². The fourth-order valence-corrected chi connectivity index (χ4v) is 4.54. The lowest BCUT2D eigenvalue weighted by Gasteiger charge is -2.21. The summed E-state index contributed by atoms with van der Waals surface area (Å²) >= 11 is 5.10. The number of carbonyl (C=O) groups is 1. The molecule has 2 aromatic heterocycles. The summed E-state index contributed by atoms with van der Waals surface area (Å²) in [5, 5.41) is 15.6. The summed E-state index contributed by atoms with van der Waals surface area (Å²) in [5.41, 5.74) is 2.60. The number of thiazole rings is 1. The number of nitrogens with one attached hydrogen (secondary N) is 1. The standard InChI is InChI=1S/C26H26BrN3O4S.ClH/c1-16-22(30-24(33-16)18-5-4-6-19(27)11-18)12-23-29-20(15-35-23)14-28-13-17-7-9-21(10-8-17)34-26(2,3)25(31)32;/h4-11,15,28H,12-14H2,1-3H3,(H,31,32);1H. The van der Waals surface area contributed by atoms with Crippen molar-refractivity contribution in [3.8, 4) is 17.2 Å². The Labute approximate surface area is 228 Å². The number of hydrogen-bond donors (Lipinski definition) is 2. The molecule has 0 atom stereocenters. The second kappa shape index (κ2) is 12.0. The normalized spacial score (nSPS) is 11.2. The Bertz CT molecular complexity index is 1320. The molecule has 0 aliphatic carbocycles. The zero-order chi connectivity index (χ0) is 25.0. The van der Waals surface area contributed by atoms with Crippen molar-refractivity contribution in [1.29, 1.82) is 0 Å². The van der Waals surface area contributed by atoms with E-state index >= 15 is 0 Å². The van der Waals surface area contributed by atoms with Gasteiger partial charge < -0.3 is 19.6 Å². The molecule has 0 saturated carbocycles. The SMILES string of the molecule is Cc1oc(-c2cccc(Br)c2)nc1Cc1nc(CNCc2ccc(OC(C)(C)C(=O)O)cc2)cs1.Cl. The number of carboxylic acids is 1. The number of rotatable bonds is 10. The Balaban J connectivity index is 0.00000361. The lowest BCUT2D eigenvalue weighted by Crippen LogP contribution is -2.37. The van der Waals surface area contributed by atoms with Crippen LogP contribution in [0.15, 0.2) is 62.8 Å². The van der Waals surface area contributed by atoms with Crippen LogP contribution < -0.4 is 10.1 Å². The summed E-state index contributed by atoms with van der Waals surface area (Å²) in [5.74, 6) is 0.931. The second-order valence-corrected chi connectivity index (χ2v) is 10.5. The van der Waals surface area contributed by atoms with Gasteiger partial charge in [0.25, 0.3) is 0 Å². The van der Waals surface area contributed by atoms with E-state index in [0.717, 1.165) is 37.8 Å². The lowest BCUT2D eigenvalue weighted by atomic mass is 10.1. The van der Waals surface area contributed by atoms with Crippen molar-refractivity contribution < 1.29 is 19.1 Å².